The van der Waals surface area contributed by atoms with E-state index in [1.165, 1.54) is 12.1 Å². The molecule has 0 saturated heterocycles. The Bertz CT molecular complexity index is 341. The molecule has 1 rings (SSSR count). The maximum Gasteiger partial charge on any atom is 0.123 e. The van der Waals surface area contributed by atoms with Crippen LogP contribution in [0.1, 0.15) is 12.5 Å². The third-order valence-electron chi connectivity index (χ3n) is 2.88. The fraction of sp³-hybridized carbons (Fsp3) is 0.600. The smallest absolute Gasteiger partial charge is 0.123 e. The van der Waals surface area contributed by atoms with Crippen molar-refractivity contribution in [3.8, 4) is 0 Å². The lowest BCUT2D eigenvalue weighted by Gasteiger charge is -2.14. The molecule has 1 atom stereocenters. The minimum atomic E-state index is -0.182. The van der Waals surface area contributed by atoms with E-state index in [2.05, 4.69) is 17.1 Å². The zero-order chi connectivity index (χ0) is 14.1. The predicted octanol–water partition coefficient (Wildman–Crippen LogP) is 1.92. The van der Waals surface area contributed by atoms with Crippen molar-refractivity contribution < 1.29 is 9.13 Å². The number of benzene rings is 1. The first-order valence-corrected chi connectivity index (χ1v) is 6.78. The van der Waals surface area contributed by atoms with Gasteiger partial charge in [-0.05, 0) is 45.1 Å². The molecular formula is C15H25FN2O. The molecule has 3 nitrogen and oxygen atoms in total. The lowest BCUT2D eigenvalue weighted by molar-refractivity contribution is 0.118. The fourth-order valence-electron chi connectivity index (χ4n) is 1.77. The van der Waals surface area contributed by atoms with E-state index in [4.69, 9.17) is 4.74 Å². The largest absolute Gasteiger partial charge is 0.379 e. The van der Waals surface area contributed by atoms with Crippen LogP contribution in [0.3, 0.4) is 0 Å². The van der Waals surface area contributed by atoms with E-state index in [9.17, 15) is 4.39 Å². The van der Waals surface area contributed by atoms with E-state index in [-0.39, 0.29) is 5.82 Å². The van der Waals surface area contributed by atoms with Crippen LogP contribution in [-0.2, 0) is 11.2 Å². The van der Waals surface area contributed by atoms with Gasteiger partial charge in [0.2, 0.25) is 0 Å². The van der Waals surface area contributed by atoms with Crippen LogP contribution in [0, 0.1) is 5.82 Å². The molecule has 0 bridgehead atoms. The molecule has 4 heteroatoms. The van der Waals surface area contributed by atoms with Gasteiger partial charge >= 0.3 is 0 Å². The number of halogens is 1. The van der Waals surface area contributed by atoms with Crippen molar-refractivity contribution in [1.29, 1.82) is 0 Å². The van der Waals surface area contributed by atoms with Gasteiger partial charge < -0.3 is 15.0 Å². The Balaban J connectivity index is 2.08. The first-order chi connectivity index (χ1) is 9.08. The van der Waals surface area contributed by atoms with Crippen LogP contribution in [0.25, 0.3) is 0 Å². The first-order valence-electron chi connectivity index (χ1n) is 6.78. The number of hydrogen-bond donors (Lipinski definition) is 1. The van der Waals surface area contributed by atoms with Crippen LogP contribution < -0.4 is 5.32 Å². The Morgan fingerprint density at radius 3 is 2.53 bits per heavy atom. The molecule has 1 N–H and O–H groups in total. The number of ether oxygens (including phenoxy) is 1. The summed E-state index contributed by atoms with van der Waals surface area (Å²) in [5, 5.41) is 3.40. The van der Waals surface area contributed by atoms with Gasteiger partial charge in [-0.3, -0.25) is 0 Å². The quantitative estimate of drug-likeness (QED) is 0.693. The van der Waals surface area contributed by atoms with Crippen molar-refractivity contribution >= 4 is 0 Å². The number of likely N-dealkylation sites (N-methyl/N-ethyl adjacent to an activating group) is 1. The van der Waals surface area contributed by atoms with E-state index in [0.29, 0.717) is 6.04 Å². The molecule has 1 aromatic carbocycles. The molecule has 0 fully saturated rings. The molecule has 0 radical (unpaired) electrons. The second-order valence-electron chi connectivity index (χ2n) is 5.10. The van der Waals surface area contributed by atoms with Gasteiger partial charge in [-0.15, -0.1) is 0 Å². The molecule has 0 heterocycles. The normalized spacial score (nSPS) is 12.9. The molecule has 108 valence electrons. The van der Waals surface area contributed by atoms with Crippen LogP contribution >= 0.6 is 0 Å². The van der Waals surface area contributed by atoms with Crippen LogP contribution in [0.15, 0.2) is 24.3 Å². The van der Waals surface area contributed by atoms with Crippen molar-refractivity contribution in [2.45, 2.75) is 19.4 Å². The molecule has 1 unspecified atom stereocenters. The van der Waals surface area contributed by atoms with Gasteiger partial charge in [-0.2, -0.15) is 0 Å². The van der Waals surface area contributed by atoms with E-state index in [0.717, 1.165) is 38.3 Å². The standard InChI is InChI=1S/C15H25FN2O/c1-13(12-14-4-6-15(16)7-5-14)17-8-10-19-11-9-18(2)3/h4-7,13,17H,8-12H2,1-3H3. The second-order valence-corrected chi connectivity index (χ2v) is 5.10. The second kappa shape index (κ2) is 9.02. The van der Waals surface area contributed by atoms with Gasteiger partial charge in [0.15, 0.2) is 0 Å². The van der Waals surface area contributed by atoms with Gasteiger partial charge in [-0.1, -0.05) is 12.1 Å². The maximum atomic E-state index is 12.8. The van der Waals surface area contributed by atoms with Crippen LogP contribution in [0.5, 0.6) is 0 Å². The monoisotopic (exact) mass is 268 g/mol. The molecule has 0 aliphatic carbocycles. The minimum Gasteiger partial charge on any atom is -0.379 e. The SMILES string of the molecule is CC(Cc1ccc(F)cc1)NCCOCCN(C)C. The number of nitrogens with one attached hydrogen (secondary N) is 1. The highest BCUT2D eigenvalue weighted by Gasteiger charge is 2.03. The molecule has 0 amide bonds. The predicted molar refractivity (Wildman–Crippen MR) is 76.9 cm³/mol. The Hall–Kier alpha value is -0.970. The van der Waals surface area contributed by atoms with E-state index in [1.54, 1.807) is 0 Å². The highest BCUT2D eigenvalue weighted by molar-refractivity contribution is 5.16. The van der Waals surface area contributed by atoms with Crippen molar-refractivity contribution in [1.82, 2.24) is 10.2 Å². The molecule has 0 saturated carbocycles. The Morgan fingerprint density at radius 2 is 1.89 bits per heavy atom. The van der Waals surface area contributed by atoms with Crippen molar-refractivity contribution in [3.63, 3.8) is 0 Å². The topological polar surface area (TPSA) is 24.5 Å². The van der Waals surface area contributed by atoms with Gasteiger partial charge in [-0.25, -0.2) is 4.39 Å². The first kappa shape index (κ1) is 16.1. The van der Waals surface area contributed by atoms with Crippen LogP contribution in [-0.4, -0.2) is 51.3 Å². The summed E-state index contributed by atoms with van der Waals surface area (Å²) >= 11 is 0. The fourth-order valence-corrected chi connectivity index (χ4v) is 1.77. The summed E-state index contributed by atoms with van der Waals surface area (Å²) < 4.78 is 18.3. The summed E-state index contributed by atoms with van der Waals surface area (Å²) in [4.78, 5) is 2.10. The molecular weight excluding hydrogens is 243 g/mol. The number of hydrogen-bond acceptors (Lipinski definition) is 3. The van der Waals surface area contributed by atoms with E-state index >= 15 is 0 Å². The van der Waals surface area contributed by atoms with Gasteiger partial charge in [0.05, 0.1) is 13.2 Å². The third-order valence-corrected chi connectivity index (χ3v) is 2.88. The third kappa shape index (κ3) is 7.93. The van der Waals surface area contributed by atoms with E-state index in [1.807, 2.05) is 26.2 Å². The lowest BCUT2D eigenvalue weighted by atomic mass is 10.1. The van der Waals surface area contributed by atoms with E-state index < -0.39 is 0 Å². The number of rotatable bonds is 9. The minimum absolute atomic E-state index is 0.182. The molecule has 0 aliphatic rings. The van der Waals surface area contributed by atoms with Crippen LogP contribution in [0.4, 0.5) is 4.39 Å². The molecule has 1 aromatic rings. The van der Waals surface area contributed by atoms with Gasteiger partial charge in [0, 0.05) is 19.1 Å². The highest BCUT2D eigenvalue weighted by Crippen LogP contribution is 2.05. The average Bonchev–Trinajstić information content (AvgIpc) is 2.36. The molecule has 0 spiro atoms. The highest BCUT2D eigenvalue weighted by atomic mass is 19.1. The lowest BCUT2D eigenvalue weighted by Crippen LogP contribution is -2.31. The summed E-state index contributed by atoms with van der Waals surface area (Å²) in [6.07, 6.45) is 0.901. The van der Waals surface area contributed by atoms with Crippen molar-refractivity contribution in [2.75, 3.05) is 40.4 Å². The van der Waals surface area contributed by atoms with Crippen molar-refractivity contribution in [3.05, 3.63) is 35.6 Å². The number of nitrogens with zero attached hydrogens (tertiary/aromatic N) is 1. The summed E-state index contributed by atoms with van der Waals surface area (Å²) in [5.41, 5.74) is 1.15. The summed E-state index contributed by atoms with van der Waals surface area (Å²) in [6, 6.07) is 7.05. The molecule has 0 aliphatic heterocycles. The zero-order valence-corrected chi connectivity index (χ0v) is 12.2. The van der Waals surface area contributed by atoms with Crippen LogP contribution in [0.2, 0.25) is 0 Å². The Morgan fingerprint density at radius 1 is 1.21 bits per heavy atom. The Labute approximate surface area is 115 Å². The summed E-state index contributed by atoms with van der Waals surface area (Å²) in [5.74, 6) is -0.182. The van der Waals surface area contributed by atoms with Crippen molar-refractivity contribution in [2.24, 2.45) is 0 Å². The molecule has 19 heavy (non-hydrogen) atoms. The average molecular weight is 268 g/mol. The summed E-state index contributed by atoms with van der Waals surface area (Å²) in [6.45, 7) is 5.41. The summed E-state index contributed by atoms with van der Waals surface area (Å²) in [7, 11) is 4.07. The molecule has 0 aromatic heterocycles. The van der Waals surface area contributed by atoms with Gasteiger partial charge in [0.25, 0.3) is 0 Å². The zero-order valence-electron chi connectivity index (χ0n) is 12.2. The maximum absolute atomic E-state index is 12.8. The Kier molecular flexibility index (Phi) is 7.63. The van der Waals surface area contributed by atoms with Gasteiger partial charge in [0.1, 0.15) is 5.82 Å².